The predicted molar refractivity (Wildman–Crippen MR) is 89.1 cm³/mol. The summed E-state index contributed by atoms with van der Waals surface area (Å²) in [5.41, 5.74) is 1.61. The maximum Gasteiger partial charge on any atom is 0.168 e. The first kappa shape index (κ1) is 16.0. The van der Waals surface area contributed by atoms with E-state index >= 15 is 0 Å². The normalized spacial score (nSPS) is 11.3. The molecule has 124 valence electrons. The number of benzene rings is 2. The van der Waals surface area contributed by atoms with E-state index in [0.717, 1.165) is 17.7 Å². The van der Waals surface area contributed by atoms with Gasteiger partial charge < -0.3 is 14.5 Å². The van der Waals surface area contributed by atoms with E-state index in [4.69, 9.17) is 9.47 Å². The van der Waals surface area contributed by atoms with Gasteiger partial charge in [0.1, 0.15) is 5.82 Å². The first-order valence-electron chi connectivity index (χ1n) is 7.45. The van der Waals surface area contributed by atoms with Crippen LogP contribution < -0.4 is 9.47 Å². The van der Waals surface area contributed by atoms with Gasteiger partial charge in [-0.3, -0.25) is 0 Å². The summed E-state index contributed by atoms with van der Waals surface area (Å²) in [6.07, 6.45) is 3.52. The summed E-state index contributed by atoms with van der Waals surface area (Å²) in [4.78, 5) is 7.16. The summed E-state index contributed by atoms with van der Waals surface area (Å²) in [6.45, 7) is 2.40. The average molecular weight is 330 g/mol. The Morgan fingerprint density at radius 3 is 2.71 bits per heavy atom. The number of nitrogens with zero attached hydrogens (tertiary/aromatic N) is 1. The third kappa shape index (κ3) is 3.08. The molecule has 3 aromatic rings. The number of nitrogens with one attached hydrogen (secondary N) is 1. The number of para-hydroxylation sites is 1. The second-order valence-electron chi connectivity index (χ2n) is 5.05. The molecule has 0 spiro atoms. The van der Waals surface area contributed by atoms with Crippen molar-refractivity contribution < 1.29 is 18.3 Å². The lowest BCUT2D eigenvalue weighted by molar-refractivity contribution is 0.310. The number of methoxy groups -OCH3 is 1. The molecule has 0 aliphatic rings. The van der Waals surface area contributed by atoms with Crippen molar-refractivity contribution in [1.29, 1.82) is 0 Å². The molecule has 0 fully saturated rings. The molecule has 1 N–H and O–H groups in total. The number of rotatable bonds is 5. The summed E-state index contributed by atoms with van der Waals surface area (Å²) in [6, 6.07) is 7.70. The number of H-pyrrole nitrogens is 1. The number of aromatic amines is 1. The Balaban J connectivity index is 1.96. The summed E-state index contributed by atoms with van der Waals surface area (Å²) < 4.78 is 37.4. The number of hydrogen-bond donors (Lipinski definition) is 1. The van der Waals surface area contributed by atoms with Crippen LogP contribution in [0.3, 0.4) is 0 Å². The standard InChI is InChI=1S/C18H16F2N2O2/c1-3-24-18-11(5-4-6-16(18)23-2)7-8-17-21-14-9-12(19)13(20)10-15(14)22-17/h4-10H,3H2,1-2H3,(H,21,22). The van der Waals surface area contributed by atoms with Crippen molar-refractivity contribution in [2.45, 2.75) is 6.92 Å². The number of fused-ring (bicyclic) bond motifs is 1. The number of ether oxygens (including phenoxy) is 2. The minimum Gasteiger partial charge on any atom is -0.493 e. The lowest BCUT2D eigenvalue weighted by Gasteiger charge is -2.11. The van der Waals surface area contributed by atoms with Crippen molar-refractivity contribution in [3.8, 4) is 11.5 Å². The van der Waals surface area contributed by atoms with Gasteiger partial charge in [-0.05, 0) is 25.1 Å². The molecule has 0 bridgehead atoms. The molecule has 2 aromatic carbocycles. The minimum atomic E-state index is -0.920. The summed E-state index contributed by atoms with van der Waals surface area (Å²) in [7, 11) is 1.58. The fourth-order valence-corrected chi connectivity index (χ4v) is 2.40. The number of halogens is 2. The maximum absolute atomic E-state index is 13.3. The fraction of sp³-hybridized carbons (Fsp3) is 0.167. The molecule has 0 saturated carbocycles. The molecule has 0 atom stereocenters. The third-order valence-electron chi connectivity index (χ3n) is 3.48. The van der Waals surface area contributed by atoms with Gasteiger partial charge in [0.05, 0.1) is 24.8 Å². The van der Waals surface area contributed by atoms with Gasteiger partial charge in [0.25, 0.3) is 0 Å². The van der Waals surface area contributed by atoms with Crippen LogP contribution in [0.4, 0.5) is 8.78 Å². The third-order valence-corrected chi connectivity index (χ3v) is 3.48. The molecular weight excluding hydrogens is 314 g/mol. The van der Waals surface area contributed by atoms with Crippen LogP contribution in [0.1, 0.15) is 18.3 Å². The molecule has 6 heteroatoms. The minimum absolute atomic E-state index is 0.365. The summed E-state index contributed by atoms with van der Waals surface area (Å²) in [5.74, 6) is -0.0796. The van der Waals surface area contributed by atoms with E-state index in [1.807, 2.05) is 25.1 Å². The van der Waals surface area contributed by atoms with Crippen molar-refractivity contribution in [3.63, 3.8) is 0 Å². The van der Waals surface area contributed by atoms with E-state index < -0.39 is 11.6 Å². The molecule has 0 amide bonds. The van der Waals surface area contributed by atoms with Crippen molar-refractivity contribution in [3.05, 3.63) is 53.4 Å². The molecule has 24 heavy (non-hydrogen) atoms. The molecule has 0 aliphatic carbocycles. The zero-order chi connectivity index (χ0) is 17.1. The van der Waals surface area contributed by atoms with E-state index in [-0.39, 0.29) is 0 Å². The molecule has 0 unspecified atom stereocenters. The van der Waals surface area contributed by atoms with Crippen LogP contribution in [-0.2, 0) is 0 Å². The molecule has 0 saturated heterocycles. The smallest absolute Gasteiger partial charge is 0.168 e. The Morgan fingerprint density at radius 1 is 1.17 bits per heavy atom. The lowest BCUT2D eigenvalue weighted by atomic mass is 10.1. The maximum atomic E-state index is 13.3. The van der Waals surface area contributed by atoms with Crippen molar-refractivity contribution in [2.24, 2.45) is 0 Å². The first-order chi connectivity index (χ1) is 11.6. The molecule has 3 rings (SSSR count). The topological polar surface area (TPSA) is 47.1 Å². The van der Waals surface area contributed by atoms with Crippen LogP contribution >= 0.6 is 0 Å². The van der Waals surface area contributed by atoms with Gasteiger partial charge in [-0.15, -0.1) is 0 Å². The lowest BCUT2D eigenvalue weighted by Crippen LogP contribution is -1.97. The SMILES string of the molecule is CCOc1c(C=Cc2nc3cc(F)c(F)cc3[nH]2)cccc1OC. The van der Waals surface area contributed by atoms with Gasteiger partial charge >= 0.3 is 0 Å². The van der Waals surface area contributed by atoms with Crippen LogP contribution in [0.25, 0.3) is 23.2 Å². The van der Waals surface area contributed by atoms with Crippen LogP contribution in [0.5, 0.6) is 11.5 Å². The Morgan fingerprint density at radius 2 is 1.96 bits per heavy atom. The van der Waals surface area contributed by atoms with Crippen LogP contribution in [0.15, 0.2) is 30.3 Å². The van der Waals surface area contributed by atoms with Gasteiger partial charge in [0, 0.05) is 17.7 Å². The van der Waals surface area contributed by atoms with Gasteiger partial charge in [-0.1, -0.05) is 12.1 Å². The highest BCUT2D eigenvalue weighted by Gasteiger charge is 2.09. The molecule has 4 nitrogen and oxygen atoms in total. The highest BCUT2D eigenvalue weighted by Crippen LogP contribution is 2.32. The highest BCUT2D eigenvalue weighted by molar-refractivity contribution is 5.80. The molecule has 1 aromatic heterocycles. The van der Waals surface area contributed by atoms with Gasteiger partial charge in [0.2, 0.25) is 0 Å². The van der Waals surface area contributed by atoms with Crippen molar-refractivity contribution >= 4 is 23.2 Å². The first-order valence-corrected chi connectivity index (χ1v) is 7.45. The zero-order valence-corrected chi connectivity index (χ0v) is 13.3. The fourth-order valence-electron chi connectivity index (χ4n) is 2.40. The van der Waals surface area contributed by atoms with Gasteiger partial charge in [-0.2, -0.15) is 0 Å². The number of imidazole rings is 1. The zero-order valence-electron chi connectivity index (χ0n) is 13.3. The Hall–Kier alpha value is -2.89. The van der Waals surface area contributed by atoms with E-state index in [1.165, 1.54) is 0 Å². The largest absolute Gasteiger partial charge is 0.493 e. The average Bonchev–Trinajstić information content (AvgIpc) is 2.96. The van der Waals surface area contributed by atoms with Crippen molar-refractivity contribution in [2.75, 3.05) is 13.7 Å². The summed E-state index contributed by atoms with van der Waals surface area (Å²) >= 11 is 0. The Labute approximate surface area is 137 Å². The van der Waals surface area contributed by atoms with E-state index in [0.29, 0.717) is 35.0 Å². The number of aromatic nitrogens is 2. The second-order valence-corrected chi connectivity index (χ2v) is 5.05. The number of hydrogen-bond acceptors (Lipinski definition) is 3. The second kappa shape index (κ2) is 6.70. The van der Waals surface area contributed by atoms with Crippen LogP contribution in [-0.4, -0.2) is 23.7 Å². The predicted octanol–water partition coefficient (Wildman–Crippen LogP) is 4.42. The van der Waals surface area contributed by atoms with E-state index in [2.05, 4.69) is 9.97 Å². The quantitative estimate of drug-likeness (QED) is 0.753. The van der Waals surface area contributed by atoms with Crippen molar-refractivity contribution in [1.82, 2.24) is 9.97 Å². The Bertz CT molecular complexity index is 864. The van der Waals surface area contributed by atoms with E-state index in [1.54, 1.807) is 19.3 Å². The molecule has 1 heterocycles. The summed E-state index contributed by atoms with van der Waals surface area (Å²) in [5, 5.41) is 0. The molecule has 0 radical (unpaired) electrons. The van der Waals surface area contributed by atoms with Crippen LogP contribution in [0, 0.1) is 11.6 Å². The monoisotopic (exact) mass is 330 g/mol. The highest BCUT2D eigenvalue weighted by atomic mass is 19.2. The Kier molecular flexibility index (Phi) is 4.46. The van der Waals surface area contributed by atoms with Gasteiger partial charge in [-0.25, -0.2) is 13.8 Å². The van der Waals surface area contributed by atoms with E-state index in [9.17, 15) is 8.78 Å². The molecular formula is C18H16F2N2O2. The molecule has 0 aliphatic heterocycles. The van der Waals surface area contributed by atoms with Gasteiger partial charge in [0.15, 0.2) is 23.1 Å². The van der Waals surface area contributed by atoms with Crippen LogP contribution in [0.2, 0.25) is 0 Å².